The van der Waals surface area contributed by atoms with Gasteiger partial charge in [0.2, 0.25) is 0 Å². The first-order chi connectivity index (χ1) is 10.2. The van der Waals surface area contributed by atoms with Crippen LogP contribution in [0.1, 0.15) is 81.1 Å². The summed E-state index contributed by atoms with van der Waals surface area (Å²) in [6, 6.07) is 0.436. The molecule has 2 rings (SSSR count). The Labute approximate surface area is 142 Å². The van der Waals surface area contributed by atoms with Crippen molar-refractivity contribution in [2.75, 3.05) is 0 Å². The topological polar surface area (TPSA) is 67.8 Å². The second-order valence-corrected chi connectivity index (χ2v) is 10.3. The van der Waals surface area contributed by atoms with Gasteiger partial charge in [-0.1, -0.05) is 0 Å². The highest BCUT2D eigenvalue weighted by molar-refractivity contribution is 5.01. The van der Waals surface area contributed by atoms with Crippen molar-refractivity contribution in [3.8, 4) is 0 Å². The van der Waals surface area contributed by atoms with Gasteiger partial charge < -0.3 is 11.5 Å². The molecular weight excluding hydrogens is 288 g/mol. The molecule has 2 saturated heterocycles. The Morgan fingerprint density at radius 2 is 0.826 bits per heavy atom. The standard InChI is InChI=1S/C18H38N4O/c1-15(2)9-13(19)10-16(3,4)21(15)23-22-17(5,6)11-14(20)12-18(22,7)8/h13-14H,9-12,19-20H2,1-8H3. The summed E-state index contributed by atoms with van der Waals surface area (Å²) in [5.41, 5.74) is 12.2. The first kappa shape index (κ1) is 19.1. The van der Waals surface area contributed by atoms with Gasteiger partial charge in [0.1, 0.15) is 0 Å². The maximum atomic E-state index is 6.65. The highest BCUT2D eigenvalue weighted by Gasteiger charge is 2.52. The molecule has 23 heavy (non-hydrogen) atoms. The van der Waals surface area contributed by atoms with Crippen LogP contribution in [0.3, 0.4) is 0 Å². The summed E-state index contributed by atoms with van der Waals surface area (Å²) in [6.45, 7) is 17.8. The van der Waals surface area contributed by atoms with E-state index in [2.05, 4.69) is 65.5 Å². The van der Waals surface area contributed by atoms with E-state index in [1.807, 2.05) is 0 Å². The third-order valence-electron chi connectivity index (χ3n) is 5.41. The largest absolute Gasteiger partial charge is 0.328 e. The normalized spacial score (nSPS) is 32.1. The molecule has 0 bridgehead atoms. The number of hydroxylamine groups is 4. The molecule has 2 aliphatic rings. The molecule has 0 aliphatic carbocycles. The molecule has 0 saturated carbocycles. The van der Waals surface area contributed by atoms with E-state index in [1.165, 1.54) is 0 Å². The van der Waals surface area contributed by atoms with Crippen molar-refractivity contribution in [3.05, 3.63) is 0 Å². The van der Waals surface area contributed by atoms with E-state index in [-0.39, 0.29) is 34.2 Å². The molecule has 0 aromatic rings. The van der Waals surface area contributed by atoms with Gasteiger partial charge in [0, 0.05) is 34.2 Å². The molecule has 136 valence electrons. The van der Waals surface area contributed by atoms with Gasteiger partial charge in [-0.15, -0.1) is 0 Å². The zero-order valence-electron chi connectivity index (χ0n) is 16.4. The van der Waals surface area contributed by atoms with E-state index in [1.54, 1.807) is 0 Å². The van der Waals surface area contributed by atoms with Crippen LogP contribution >= 0.6 is 0 Å². The predicted molar refractivity (Wildman–Crippen MR) is 95.5 cm³/mol. The fourth-order valence-corrected chi connectivity index (χ4v) is 5.20. The lowest BCUT2D eigenvalue weighted by Gasteiger charge is -2.59. The average molecular weight is 327 g/mol. The molecule has 2 aliphatic heterocycles. The van der Waals surface area contributed by atoms with Crippen molar-refractivity contribution < 1.29 is 4.94 Å². The number of rotatable bonds is 2. The summed E-state index contributed by atoms with van der Waals surface area (Å²) >= 11 is 0. The fraction of sp³-hybridized carbons (Fsp3) is 1.00. The van der Waals surface area contributed by atoms with Crippen molar-refractivity contribution in [1.82, 2.24) is 10.1 Å². The Bertz CT molecular complexity index is 368. The van der Waals surface area contributed by atoms with Crippen molar-refractivity contribution >= 4 is 0 Å². The Hall–Kier alpha value is -0.200. The summed E-state index contributed by atoms with van der Waals surface area (Å²) in [5.74, 6) is 0. The molecule has 5 nitrogen and oxygen atoms in total. The lowest BCUT2D eigenvalue weighted by Crippen LogP contribution is -2.70. The molecule has 0 aromatic carbocycles. The smallest absolute Gasteiger partial charge is 0.0446 e. The van der Waals surface area contributed by atoms with Gasteiger partial charge in [-0.2, -0.15) is 10.1 Å². The van der Waals surface area contributed by atoms with Crippen LogP contribution in [0, 0.1) is 0 Å². The van der Waals surface area contributed by atoms with Gasteiger partial charge in [-0.05, 0) is 81.1 Å². The second-order valence-electron chi connectivity index (χ2n) is 10.3. The lowest BCUT2D eigenvalue weighted by atomic mass is 9.79. The maximum Gasteiger partial charge on any atom is 0.0446 e. The first-order valence-corrected chi connectivity index (χ1v) is 8.97. The molecule has 0 unspecified atom stereocenters. The summed E-state index contributed by atoms with van der Waals surface area (Å²) in [7, 11) is 0. The Kier molecular flexibility index (Phi) is 4.71. The van der Waals surface area contributed by atoms with Gasteiger partial charge in [-0.3, -0.25) is 0 Å². The molecule has 2 fully saturated rings. The molecule has 4 N–H and O–H groups in total. The Morgan fingerprint density at radius 3 is 1.04 bits per heavy atom. The number of nitrogens with two attached hydrogens (primary N) is 2. The third kappa shape index (κ3) is 3.74. The summed E-state index contributed by atoms with van der Waals surface area (Å²) in [4.78, 5) is 6.65. The minimum Gasteiger partial charge on any atom is -0.328 e. The van der Waals surface area contributed by atoms with E-state index < -0.39 is 0 Å². The van der Waals surface area contributed by atoms with Crippen LogP contribution in [-0.2, 0) is 4.94 Å². The fourth-order valence-electron chi connectivity index (χ4n) is 5.20. The van der Waals surface area contributed by atoms with Crippen LogP contribution in [0.5, 0.6) is 0 Å². The zero-order valence-corrected chi connectivity index (χ0v) is 16.4. The Balaban J connectivity index is 2.31. The van der Waals surface area contributed by atoms with Crippen LogP contribution in [0.15, 0.2) is 0 Å². The van der Waals surface area contributed by atoms with Crippen LogP contribution in [0.2, 0.25) is 0 Å². The summed E-state index contributed by atoms with van der Waals surface area (Å²) in [6.07, 6.45) is 3.74. The minimum atomic E-state index is -0.104. The van der Waals surface area contributed by atoms with Gasteiger partial charge >= 0.3 is 0 Å². The maximum absolute atomic E-state index is 6.65. The molecule has 2 heterocycles. The summed E-state index contributed by atoms with van der Waals surface area (Å²) < 4.78 is 0. The first-order valence-electron chi connectivity index (χ1n) is 8.97. The quantitative estimate of drug-likeness (QED) is 0.817. The Morgan fingerprint density at radius 1 is 0.609 bits per heavy atom. The van der Waals surface area contributed by atoms with E-state index in [9.17, 15) is 0 Å². The molecular formula is C18H38N4O. The summed E-state index contributed by atoms with van der Waals surface area (Å²) in [5, 5.41) is 4.37. The predicted octanol–water partition coefficient (Wildman–Crippen LogP) is 2.79. The van der Waals surface area contributed by atoms with E-state index >= 15 is 0 Å². The molecule has 0 amide bonds. The molecule has 0 atom stereocenters. The van der Waals surface area contributed by atoms with Crippen LogP contribution in [-0.4, -0.2) is 44.4 Å². The zero-order chi connectivity index (χ0) is 17.8. The number of hydrogen-bond acceptors (Lipinski definition) is 5. The van der Waals surface area contributed by atoms with Crippen LogP contribution in [0.25, 0.3) is 0 Å². The van der Waals surface area contributed by atoms with Crippen LogP contribution in [0.4, 0.5) is 0 Å². The van der Waals surface area contributed by atoms with E-state index in [4.69, 9.17) is 16.4 Å². The average Bonchev–Trinajstić information content (AvgIpc) is 2.19. The van der Waals surface area contributed by atoms with E-state index in [0.29, 0.717) is 0 Å². The number of piperidine rings is 2. The molecule has 0 radical (unpaired) electrons. The van der Waals surface area contributed by atoms with Crippen molar-refractivity contribution in [2.45, 2.75) is 115 Å². The second kappa shape index (κ2) is 5.67. The minimum absolute atomic E-state index is 0.104. The third-order valence-corrected chi connectivity index (χ3v) is 5.41. The molecule has 0 aromatic heterocycles. The highest BCUT2D eigenvalue weighted by atomic mass is 16.8. The molecule has 0 spiro atoms. The van der Waals surface area contributed by atoms with Crippen molar-refractivity contribution in [1.29, 1.82) is 0 Å². The van der Waals surface area contributed by atoms with E-state index in [0.717, 1.165) is 25.7 Å². The number of hydrogen-bond donors (Lipinski definition) is 2. The lowest BCUT2D eigenvalue weighted by molar-refractivity contribution is -0.443. The SMILES string of the molecule is CC1(C)CC(N)CC(C)(C)N1ON1C(C)(C)CC(N)CC1(C)C. The monoisotopic (exact) mass is 326 g/mol. The van der Waals surface area contributed by atoms with Crippen molar-refractivity contribution in [2.24, 2.45) is 11.5 Å². The van der Waals surface area contributed by atoms with Gasteiger partial charge in [0.05, 0.1) is 0 Å². The molecule has 5 heteroatoms. The van der Waals surface area contributed by atoms with Crippen molar-refractivity contribution in [3.63, 3.8) is 0 Å². The highest BCUT2D eigenvalue weighted by Crippen LogP contribution is 2.43. The number of nitrogens with zero attached hydrogens (tertiary/aromatic N) is 2. The van der Waals surface area contributed by atoms with Gasteiger partial charge in [0.15, 0.2) is 0 Å². The van der Waals surface area contributed by atoms with Gasteiger partial charge in [0.25, 0.3) is 0 Å². The van der Waals surface area contributed by atoms with Gasteiger partial charge in [-0.25, -0.2) is 4.94 Å². The van der Waals surface area contributed by atoms with Crippen LogP contribution < -0.4 is 11.5 Å².